The third-order valence-electron chi connectivity index (χ3n) is 3.20. The molecule has 2 rings (SSSR count). The van der Waals surface area contributed by atoms with E-state index in [2.05, 4.69) is 15.6 Å². The Morgan fingerprint density at radius 2 is 2.20 bits per heavy atom. The average Bonchev–Trinajstić information content (AvgIpc) is 2.88. The number of amides is 2. The van der Waals surface area contributed by atoms with Crippen molar-refractivity contribution in [2.75, 3.05) is 0 Å². The zero-order valence-electron chi connectivity index (χ0n) is 11.1. The van der Waals surface area contributed by atoms with Crippen molar-refractivity contribution in [1.29, 1.82) is 0 Å². The van der Waals surface area contributed by atoms with Gasteiger partial charge < -0.3 is 15.7 Å². The van der Waals surface area contributed by atoms with Crippen LogP contribution in [0, 0.1) is 5.92 Å². The van der Waals surface area contributed by atoms with Crippen LogP contribution in [0.4, 0.5) is 4.79 Å². The predicted molar refractivity (Wildman–Crippen MR) is 73.0 cm³/mol. The maximum absolute atomic E-state index is 11.8. The van der Waals surface area contributed by atoms with Crippen molar-refractivity contribution in [2.24, 2.45) is 5.92 Å². The molecular formula is C14H17N3O3. The molecular weight excluding hydrogens is 258 g/mol. The smallest absolute Gasteiger partial charge is 0.315 e. The number of rotatable bonds is 4. The molecule has 1 aliphatic rings. The Hall–Kier alpha value is -2.37. The Kier molecular flexibility index (Phi) is 4.34. The average molecular weight is 275 g/mol. The van der Waals surface area contributed by atoms with E-state index in [0.29, 0.717) is 6.42 Å². The van der Waals surface area contributed by atoms with Gasteiger partial charge in [-0.05, 0) is 25.5 Å². The lowest BCUT2D eigenvalue weighted by Crippen LogP contribution is -2.42. The van der Waals surface area contributed by atoms with Crippen LogP contribution in [-0.4, -0.2) is 28.1 Å². The minimum atomic E-state index is -0.868. The van der Waals surface area contributed by atoms with Crippen LogP contribution in [0.5, 0.6) is 0 Å². The van der Waals surface area contributed by atoms with Gasteiger partial charge in [-0.3, -0.25) is 9.78 Å². The number of aliphatic carboxylic acids is 1. The van der Waals surface area contributed by atoms with Gasteiger partial charge >= 0.3 is 12.0 Å². The zero-order chi connectivity index (χ0) is 14.5. The van der Waals surface area contributed by atoms with E-state index < -0.39 is 11.9 Å². The lowest BCUT2D eigenvalue weighted by molar-refractivity contribution is -0.140. The monoisotopic (exact) mass is 275 g/mol. The second kappa shape index (κ2) is 6.18. The van der Waals surface area contributed by atoms with Crippen LogP contribution < -0.4 is 10.6 Å². The Balaban J connectivity index is 1.82. The normalized spacial score (nSPS) is 22.2. The third-order valence-corrected chi connectivity index (χ3v) is 3.20. The number of aromatic nitrogens is 1. The Morgan fingerprint density at radius 3 is 2.80 bits per heavy atom. The Morgan fingerprint density at radius 1 is 1.40 bits per heavy atom. The lowest BCUT2D eigenvalue weighted by atomic mass is 10.1. The summed E-state index contributed by atoms with van der Waals surface area (Å²) in [6, 6.07) is 4.72. The van der Waals surface area contributed by atoms with Crippen molar-refractivity contribution in [1.82, 2.24) is 15.6 Å². The largest absolute Gasteiger partial charge is 0.481 e. The van der Waals surface area contributed by atoms with E-state index in [-0.39, 0.29) is 18.1 Å². The molecule has 0 aliphatic heterocycles. The standard InChI is InChI=1S/C14H17N3O3/c1-9(12-4-2-3-7-15-12)16-14(20)17-11-6-5-10(8-11)13(18)19/h2-7,9-11H,8H2,1H3,(H,18,19)(H2,16,17,20). The van der Waals surface area contributed by atoms with Crippen LogP contribution >= 0.6 is 0 Å². The van der Waals surface area contributed by atoms with Crippen LogP contribution in [0.15, 0.2) is 36.5 Å². The maximum Gasteiger partial charge on any atom is 0.315 e. The minimum Gasteiger partial charge on any atom is -0.481 e. The maximum atomic E-state index is 11.8. The fraction of sp³-hybridized carbons (Fsp3) is 0.357. The highest BCUT2D eigenvalue weighted by Crippen LogP contribution is 2.18. The molecule has 6 heteroatoms. The summed E-state index contributed by atoms with van der Waals surface area (Å²) in [6.07, 6.45) is 5.38. The quantitative estimate of drug-likeness (QED) is 0.726. The van der Waals surface area contributed by atoms with Crippen molar-refractivity contribution in [3.8, 4) is 0 Å². The number of pyridine rings is 1. The molecule has 0 radical (unpaired) electrons. The molecule has 3 N–H and O–H groups in total. The summed E-state index contributed by atoms with van der Waals surface area (Å²) in [5.41, 5.74) is 0.771. The minimum absolute atomic E-state index is 0.211. The number of carboxylic acids is 1. The number of hydrogen-bond donors (Lipinski definition) is 3. The van der Waals surface area contributed by atoms with Gasteiger partial charge in [0.2, 0.25) is 0 Å². The van der Waals surface area contributed by atoms with E-state index >= 15 is 0 Å². The first-order chi connectivity index (χ1) is 9.56. The molecule has 0 aromatic carbocycles. The van der Waals surface area contributed by atoms with Crippen molar-refractivity contribution in [3.63, 3.8) is 0 Å². The van der Waals surface area contributed by atoms with E-state index in [4.69, 9.17) is 5.11 Å². The van der Waals surface area contributed by atoms with Crippen LogP contribution in [0.1, 0.15) is 25.1 Å². The highest BCUT2D eigenvalue weighted by atomic mass is 16.4. The van der Waals surface area contributed by atoms with Gasteiger partial charge in [0, 0.05) is 6.20 Å². The van der Waals surface area contributed by atoms with Gasteiger partial charge in [-0.15, -0.1) is 0 Å². The topological polar surface area (TPSA) is 91.3 Å². The molecule has 0 fully saturated rings. The predicted octanol–water partition coefficient (Wildman–Crippen LogP) is 1.47. The first-order valence-electron chi connectivity index (χ1n) is 6.45. The summed E-state index contributed by atoms with van der Waals surface area (Å²) in [4.78, 5) is 26.8. The highest BCUT2D eigenvalue weighted by molar-refractivity contribution is 5.76. The highest BCUT2D eigenvalue weighted by Gasteiger charge is 2.25. The lowest BCUT2D eigenvalue weighted by Gasteiger charge is -2.17. The number of carbonyl (C=O) groups excluding carboxylic acids is 1. The Labute approximate surface area is 116 Å². The van der Waals surface area contributed by atoms with Gasteiger partial charge in [0.05, 0.1) is 23.7 Å². The number of carbonyl (C=O) groups is 2. The van der Waals surface area contributed by atoms with Gasteiger partial charge in [-0.25, -0.2) is 4.79 Å². The van der Waals surface area contributed by atoms with Crippen molar-refractivity contribution in [2.45, 2.75) is 25.4 Å². The molecule has 106 valence electrons. The first-order valence-corrected chi connectivity index (χ1v) is 6.45. The van der Waals surface area contributed by atoms with Gasteiger partial charge in [0.1, 0.15) is 0 Å². The number of urea groups is 1. The number of nitrogens with zero attached hydrogens (tertiary/aromatic N) is 1. The second-order valence-electron chi connectivity index (χ2n) is 4.77. The fourth-order valence-electron chi connectivity index (χ4n) is 2.10. The van der Waals surface area contributed by atoms with Crippen molar-refractivity contribution in [3.05, 3.63) is 42.2 Å². The summed E-state index contributed by atoms with van der Waals surface area (Å²) in [7, 11) is 0. The molecule has 0 spiro atoms. The van der Waals surface area contributed by atoms with Gasteiger partial charge in [-0.1, -0.05) is 18.2 Å². The van der Waals surface area contributed by atoms with Gasteiger partial charge in [-0.2, -0.15) is 0 Å². The van der Waals surface area contributed by atoms with Gasteiger partial charge in [0.15, 0.2) is 0 Å². The molecule has 0 saturated heterocycles. The van der Waals surface area contributed by atoms with Crippen LogP contribution in [0.3, 0.4) is 0 Å². The van der Waals surface area contributed by atoms with E-state index in [1.54, 1.807) is 18.3 Å². The summed E-state index contributed by atoms with van der Waals surface area (Å²) in [5.74, 6) is -1.39. The SMILES string of the molecule is CC(NC(=O)NC1C=CC(C(=O)O)C1)c1ccccn1. The van der Waals surface area contributed by atoms with E-state index in [1.165, 1.54) is 0 Å². The molecule has 1 heterocycles. The molecule has 2 amide bonds. The molecule has 3 unspecified atom stereocenters. The van der Waals surface area contributed by atoms with E-state index in [9.17, 15) is 9.59 Å². The fourth-order valence-corrected chi connectivity index (χ4v) is 2.10. The van der Waals surface area contributed by atoms with Crippen LogP contribution in [-0.2, 0) is 4.79 Å². The first kappa shape index (κ1) is 14.0. The van der Waals surface area contributed by atoms with E-state index in [0.717, 1.165) is 5.69 Å². The molecule has 3 atom stereocenters. The number of carboxylic acid groups (broad SMARTS) is 1. The Bertz CT molecular complexity index is 516. The molecule has 1 aromatic heterocycles. The molecule has 0 saturated carbocycles. The summed E-state index contributed by atoms with van der Waals surface area (Å²) >= 11 is 0. The number of nitrogens with one attached hydrogen (secondary N) is 2. The zero-order valence-corrected chi connectivity index (χ0v) is 11.1. The molecule has 20 heavy (non-hydrogen) atoms. The van der Waals surface area contributed by atoms with Crippen LogP contribution in [0.2, 0.25) is 0 Å². The third kappa shape index (κ3) is 3.57. The molecule has 1 aromatic rings. The van der Waals surface area contributed by atoms with Crippen molar-refractivity contribution >= 4 is 12.0 Å². The number of hydrogen-bond acceptors (Lipinski definition) is 3. The van der Waals surface area contributed by atoms with E-state index in [1.807, 2.05) is 25.1 Å². The van der Waals surface area contributed by atoms with Crippen LogP contribution in [0.25, 0.3) is 0 Å². The van der Waals surface area contributed by atoms with Crippen molar-refractivity contribution < 1.29 is 14.7 Å². The molecule has 0 bridgehead atoms. The summed E-state index contributed by atoms with van der Waals surface area (Å²) < 4.78 is 0. The summed E-state index contributed by atoms with van der Waals surface area (Å²) in [6.45, 7) is 1.84. The molecule has 1 aliphatic carbocycles. The van der Waals surface area contributed by atoms with Gasteiger partial charge in [0.25, 0.3) is 0 Å². The summed E-state index contributed by atoms with van der Waals surface area (Å²) in [5, 5.41) is 14.4. The molecule has 6 nitrogen and oxygen atoms in total. The second-order valence-corrected chi connectivity index (χ2v) is 4.77.